The molecule has 3 atom stereocenters. The lowest BCUT2D eigenvalue weighted by Gasteiger charge is -2.26. The maximum atomic E-state index is 13.1. The van der Waals surface area contributed by atoms with Gasteiger partial charge in [-0.3, -0.25) is 14.0 Å². The second-order valence-corrected chi connectivity index (χ2v) is 7.74. The number of rotatable bonds is 5. The Morgan fingerprint density at radius 3 is 2.81 bits per heavy atom. The van der Waals surface area contributed by atoms with Crippen LogP contribution in [0.3, 0.4) is 0 Å². The molecule has 27 heavy (non-hydrogen) atoms. The molecule has 0 aromatic carbocycles. The summed E-state index contributed by atoms with van der Waals surface area (Å²) in [5.74, 6) is 0.384. The molecule has 4 rings (SSSR count). The van der Waals surface area contributed by atoms with E-state index in [0.29, 0.717) is 42.8 Å². The Labute approximate surface area is 163 Å². The molecule has 2 fully saturated rings. The van der Waals surface area contributed by atoms with Gasteiger partial charge in [0.05, 0.1) is 12.6 Å². The van der Waals surface area contributed by atoms with E-state index in [9.17, 15) is 4.79 Å². The van der Waals surface area contributed by atoms with Gasteiger partial charge in [-0.2, -0.15) is 9.97 Å². The van der Waals surface area contributed by atoms with Crippen LogP contribution < -0.4 is 10.4 Å². The highest BCUT2D eigenvalue weighted by atomic mass is 35.5. The first kappa shape index (κ1) is 18.7. The highest BCUT2D eigenvalue weighted by molar-refractivity contribution is 6.28. The molecule has 0 spiro atoms. The third kappa shape index (κ3) is 3.23. The predicted octanol–water partition coefficient (Wildman–Crippen LogP) is 2.09. The van der Waals surface area contributed by atoms with Crippen LogP contribution in [0.1, 0.15) is 39.2 Å². The van der Waals surface area contributed by atoms with Gasteiger partial charge in [-0.15, -0.1) is 0 Å². The molecular weight excluding hydrogens is 370 g/mol. The Kier molecular flexibility index (Phi) is 5.13. The first-order valence-corrected chi connectivity index (χ1v) is 10.0. The first-order chi connectivity index (χ1) is 13.0. The topological polar surface area (TPSA) is 74.4 Å². The fourth-order valence-corrected chi connectivity index (χ4v) is 4.49. The second-order valence-electron chi connectivity index (χ2n) is 7.40. The average molecular weight is 396 g/mol. The summed E-state index contributed by atoms with van der Waals surface area (Å²) in [5.41, 5.74) is 1.03. The molecule has 2 aliphatic rings. The highest BCUT2D eigenvalue weighted by Gasteiger charge is 2.31. The van der Waals surface area contributed by atoms with Crippen molar-refractivity contribution in [1.29, 1.82) is 0 Å². The number of hydrogen-bond donors (Lipinski definition) is 0. The molecule has 0 bridgehead atoms. The summed E-state index contributed by atoms with van der Waals surface area (Å²) in [6, 6.07) is 0.283. The summed E-state index contributed by atoms with van der Waals surface area (Å²) in [5, 5.41) is 0.0883. The Morgan fingerprint density at radius 1 is 1.37 bits per heavy atom. The third-order valence-corrected chi connectivity index (χ3v) is 5.91. The Morgan fingerprint density at radius 2 is 2.19 bits per heavy atom. The third-order valence-electron chi connectivity index (χ3n) is 5.74. The number of hydrogen-bond acceptors (Lipinski definition) is 6. The van der Waals surface area contributed by atoms with E-state index in [-0.39, 0.29) is 23.1 Å². The number of aromatic nitrogens is 4. The van der Waals surface area contributed by atoms with Crippen molar-refractivity contribution in [2.45, 2.75) is 57.8 Å². The van der Waals surface area contributed by atoms with Gasteiger partial charge in [0.15, 0.2) is 11.2 Å². The molecule has 148 valence electrons. The molecule has 2 saturated heterocycles. The van der Waals surface area contributed by atoms with Gasteiger partial charge < -0.3 is 9.47 Å². The van der Waals surface area contributed by atoms with E-state index in [4.69, 9.17) is 21.1 Å². The number of imidazole rings is 1. The summed E-state index contributed by atoms with van der Waals surface area (Å²) < 4.78 is 15.1. The van der Waals surface area contributed by atoms with Crippen molar-refractivity contribution in [3.8, 4) is 5.88 Å². The van der Waals surface area contributed by atoms with E-state index >= 15 is 0 Å². The van der Waals surface area contributed by atoms with Crippen LogP contribution in [-0.2, 0) is 11.3 Å². The summed E-state index contributed by atoms with van der Waals surface area (Å²) >= 11 is 6.21. The van der Waals surface area contributed by atoms with Crippen molar-refractivity contribution in [1.82, 2.24) is 24.0 Å². The number of halogens is 1. The van der Waals surface area contributed by atoms with Crippen LogP contribution in [-0.4, -0.2) is 63.0 Å². The molecule has 4 heterocycles. The van der Waals surface area contributed by atoms with Crippen LogP contribution in [0.25, 0.3) is 11.2 Å². The summed E-state index contributed by atoms with van der Waals surface area (Å²) in [6.07, 6.45) is 2.96. The molecule has 0 radical (unpaired) electrons. The van der Waals surface area contributed by atoms with Crippen molar-refractivity contribution >= 4 is 22.8 Å². The maximum absolute atomic E-state index is 13.1. The minimum absolute atomic E-state index is 0.0370. The van der Waals surface area contributed by atoms with Gasteiger partial charge in [-0.1, -0.05) is 0 Å². The van der Waals surface area contributed by atoms with E-state index in [1.807, 2.05) is 13.8 Å². The molecule has 2 aromatic rings. The van der Waals surface area contributed by atoms with E-state index < -0.39 is 0 Å². The molecule has 0 amide bonds. The number of ether oxygens (including phenoxy) is 2. The molecule has 2 aromatic heterocycles. The van der Waals surface area contributed by atoms with Gasteiger partial charge in [-0.25, -0.2) is 4.79 Å². The van der Waals surface area contributed by atoms with Crippen LogP contribution >= 0.6 is 11.6 Å². The monoisotopic (exact) mass is 395 g/mol. The fraction of sp³-hybridized carbons (Fsp3) is 0.722. The van der Waals surface area contributed by atoms with Crippen LogP contribution in [0, 0.1) is 0 Å². The zero-order valence-electron chi connectivity index (χ0n) is 16.0. The highest BCUT2D eigenvalue weighted by Crippen LogP contribution is 2.30. The van der Waals surface area contributed by atoms with Crippen LogP contribution in [0.5, 0.6) is 5.88 Å². The Bertz CT molecular complexity index is 889. The molecule has 8 nitrogen and oxygen atoms in total. The second kappa shape index (κ2) is 7.41. The lowest BCUT2D eigenvalue weighted by molar-refractivity contribution is 0.118. The normalized spacial score (nSPS) is 24.7. The largest absolute Gasteiger partial charge is 0.471 e. The zero-order valence-corrected chi connectivity index (χ0v) is 16.8. The standard InChI is InChI=1S/C18H26ClN5O3/c1-4-23-14-15(24(18(23)25)12-7-9-26-10-12)20-17(19)21-16(14)27-11(2)13-6-5-8-22(13)3/h11-13H,4-10H2,1-3H3/t11-,12+,13-/m0/s1. The van der Waals surface area contributed by atoms with Crippen molar-refractivity contribution in [3.05, 3.63) is 15.8 Å². The Balaban J connectivity index is 1.81. The smallest absolute Gasteiger partial charge is 0.330 e. The lowest BCUT2D eigenvalue weighted by Crippen LogP contribution is -2.38. The van der Waals surface area contributed by atoms with Gasteiger partial charge in [-0.05, 0) is 58.3 Å². The van der Waals surface area contributed by atoms with Crippen molar-refractivity contribution in [2.75, 3.05) is 26.8 Å². The molecule has 0 unspecified atom stereocenters. The summed E-state index contributed by atoms with van der Waals surface area (Å²) in [4.78, 5) is 24.1. The van der Waals surface area contributed by atoms with Gasteiger partial charge in [0.2, 0.25) is 11.2 Å². The van der Waals surface area contributed by atoms with Gasteiger partial charge >= 0.3 is 5.69 Å². The molecular formula is C18H26ClN5O3. The number of likely N-dealkylation sites (N-methyl/N-ethyl adjacent to an activating group) is 1. The molecule has 9 heteroatoms. The first-order valence-electron chi connectivity index (χ1n) is 9.64. The summed E-state index contributed by atoms with van der Waals surface area (Å²) in [6.45, 7) is 6.70. The van der Waals surface area contributed by atoms with E-state index in [0.717, 1.165) is 25.8 Å². The lowest BCUT2D eigenvalue weighted by atomic mass is 10.1. The number of aryl methyl sites for hydroxylation is 1. The average Bonchev–Trinajstić information content (AvgIpc) is 3.33. The fourth-order valence-electron chi connectivity index (χ4n) is 4.33. The Hall–Kier alpha value is -1.64. The van der Waals surface area contributed by atoms with Crippen molar-refractivity contribution in [2.24, 2.45) is 0 Å². The number of likely N-dealkylation sites (tertiary alicyclic amines) is 1. The molecule has 0 saturated carbocycles. The zero-order chi connectivity index (χ0) is 19.1. The van der Waals surface area contributed by atoms with Crippen LogP contribution in [0.2, 0.25) is 5.28 Å². The van der Waals surface area contributed by atoms with Crippen molar-refractivity contribution in [3.63, 3.8) is 0 Å². The van der Waals surface area contributed by atoms with Gasteiger partial charge in [0.1, 0.15) is 6.10 Å². The minimum Gasteiger partial charge on any atom is -0.471 e. The molecule has 0 aliphatic carbocycles. The SMILES string of the molecule is CCn1c(=O)n([C@@H]2CCOC2)c2nc(Cl)nc(O[C@@H](C)[C@@H]3CCCN3C)c21. The summed E-state index contributed by atoms with van der Waals surface area (Å²) in [7, 11) is 2.11. The van der Waals surface area contributed by atoms with E-state index in [1.165, 1.54) is 0 Å². The number of fused-ring (bicyclic) bond motifs is 1. The number of nitrogens with zero attached hydrogens (tertiary/aromatic N) is 5. The van der Waals surface area contributed by atoms with E-state index in [2.05, 4.69) is 21.9 Å². The van der Waals surface area contributed by atoms with Crippen LogP contribution in [0.4, 0.5) is 0 Å². The quantitative estimate of drug-likeness (QED) is 0.722. The van der Waals surface area contributed by atoms with Gasteiger partial charge in [0.25, 0.3) is 0 Å². The maximum Gasteiger partial charge on any atom is 0.330 e. The molecule has 0 N–H and O–H groups in total. The van der Waals surface area contributed by atoms with Crippen LogP contribution in [0.15, 0.2) is 4.79 Å². The van der Waals surface area contributed by atoms with Gasteiger partial charge in [0, 0.05) is 19.2 Å². The van der Waals surface area contributed by atoms with E-state index in [1.54, 1.807) is 9.13 Å². The predicted molar refractivity (Wildman–Crippen MR) is 103 cm³/mol. The molecule has 2 aliphatic heterocycles. The minimum atomic E-state index is -0.116. The van der Waals surface area contributed by atoms with Crippen molar-refractivity contribution < 1.29 is 9.47 Å².